The van der Waals surface area contributed by atoms with E-state index < -0.39 is 29.3 Å². The van der Waals surface area contributed by atoms with Crippen LogP contribution in [-0.2, 0) is 23.9 Å². The van der Waals surface area contributed by atoms with E-state index in [1.807, 2.05) is 20.8 Å². The topological polar surface area (TPSA) is 91.3 Å². The molecule has 1 aliphatic heterocycles. The van der Waals surface area contributed by atoms with Crippen molar-refractivity contribution in [3.05, 3.63) is 81.1 Å². The number of alkyl halides is 2. The Hall–Kier alpha value is -3.96. The summed E-state index contributed by atoms with van der Waals surface area (Å²) in [6.45, 7) is 5.19. The molecular weight excluding hydrogens is 652 g/mol. The number of aryl methyl sites for hydroxylation is 1. The van der Waals surface area contributed by atoms with Crippen molar-refractivity contribution in [2.75, 3.05) is 23.3 Å². The lowest BCUT2D eigenvalue weighted by atomic mass is 9.95. The molecule has 1 saturated heterocycles. The SMILES string of the molecule is Cn1c(Nc2c(Cl)ccc(CNC(=O)C(C)(C)C)c2Cl)nc2cc(C(=O)NC3(c4ccc(F)cc4)CC3)c(N3CCC(F)(F)C3)cc21. The van der Waals surface area contributed by atoms with Crippen LogP contribution in [0.3, 0.4) is 0 Å². The fraction of sp³-hybridized carbons (Fsp3) is 0.382. The van der Waals surface area contributed by atoms with Gasteiger partial charge in [-0.15, -0.1) is 0 Å². The van der Waals surface area contributed by atoms with E-state index in [1.165, 1.54) is 17.0 Å². The van der Waals surface area contributed by atoms with E-state index in [-0.39, 0.29) is 36.8 Å². The summed E-state index contributed by atoms with van der Waals surface area (Å²) in [6, 6.07) is 12.7. The molecule has 6 rings (SSSR count). The molecule has 4 aromatic rings. The van der Waals surface area contributed by atoms with Gasteiger partial charge in [-0.25, -0.2) is 18.2 Å². The lowest BCUT2D eigenvalue weighted by molar-refractivity contribution is -0.128. The zero-order chi connectivity index (χ0) is 33.9. The molecular formula is C34H35Cl2F3N6O2. The van der Waals surface area contributed by atoms with E-state index in [1.54, 1.807) is 48.0 Å². The van der Waals surface area contributed by atoms with Crippen LogP contribution >= 0.6 is 23.2 Å². The second-order valence-electron chi connectivity index (χ2n) is 13.4. The van der Waals surface area contributed by atoms with E-state index in [2.05, 4.69) is 16.0 Å². The van der Waals surface area contributed by atoms with Crippen LogP contribution in [0, 0.1) is 11.2 Å². The Bertz CT molecular complexity index is 1880. The van der Waals surface area contributed by atoms with Crippen LogP contribution in [0.4, 0.5) is 30.5 Å². The fourth-order valence-electron chi connectivity index (χ4n) is 5.79. The van der Waals surface area contributed by atoms with Crippen molar-refractivity contribution in [3.8, 4) is 0 Å². The minimum atomic E-state index is -2.89. The number of imidazole rings is 1. The molecule has 248 valence electrons. The zero-order valence-electron chi connectivity index (χ0n) is 26.4. The summed E-state index contributed by atoms with van der Waals surface area (Å²) in [5, 5.41) is 9.79. The third-order valence-electron chi connectivity index (χ3n) is 8.78. The molecule has 1 saturated carbocycles. The largest absolute Gasteiger partial charge is 0.365 e. The predicted molar refractivity (Wildman–Crippen MR) is 178 cm³/mol. The van der Waals surface area contributed by atoms with Gasteiger partial charge >= 0.3 is 0 Å². The Kier molecular flexibility index (Phi) is 8.37. The number of hydrogen-bond donors (Lipinski definition) is 3. The first kappa shape index (κ1) is 33.0. The summed E-state index contributed by atoms with van der Waals surface area (Å²) in [6.07, 6.45) is 1.01. The Morgan fingerprint density at radius 2 is 1.72 bits per heavy atom. The molecule has 47 heavy (non-hydrogen) atoms. The number of carbonyl (C=O) groups excluding carboxylic acids is 2. The predicted octanol–water partition coefficient (Wildman–Crippen LogP) is 7.69. The molecule has 0 atom stereocenters. The van der Waals surface area contributed by atoms with Gasteiger partial charge in [0.1, 0.15) is 5.82 Å². The van der Waals surface area contributed by atoms with Gasteiger partial charge in [0.25, 0.3) is 11.8 Å². The highest BCUT2D eigenvalue weighted by Gasteiger charge is 2.46. The highest BCUT2D eigenvalue weighted by Crippen LogP contribution is 2.46. The number of rotatable bonds is 8. The monoisotopic (exact) mass is 686 g/mol. The van der Waals surface area contributed by atoms with Crippen LogP contribution in [-0.4, -0.2) is 40.4 Å². The lowest BCUT2D eigenvalue weighted by Gasteiger charge is -2.24. The van der Waals surface area contributed by atoms with Gasteiger partial charge in [0.2, 0.25) is 11.9 Å². The van der Waals surface area contributed by atoms with Gasteiger partial charge in [0.15, 0.2) is 0 Å². The summed E-state index contributed by atoms with van der Waals surface area (Å²) in [5.74, 6) is -3.49. The molecule has 2 fully saturated rings. The molecule has 2 aliphatic rings. The number of nitrogens with zero attached hydrogens (tertiary/aromatic N) is 3. The minimum Gasteiger partial charge on any atom is -0.365 e. The number of fused-ring (bicyclic) bond motifs is 1. The molecule has 13 heteroatoms. The second-order valence-corrected chi connectivity index (χ2v) is 14.2. The van der Waals surface area contributed by atoms with E-state index in [0.717, 1.165) is 5.56 Å². The van der Waals surface area contributed by atoms with Gasteiger partial charge in [-0.1, -0.05) is 62.2 Å². The van der Waals surface area contributed by atoms with Crippen LogP contribution in [0.2, 0.25) is 10.0 Å². The van der Waals surface area contributed by atoms with E-state index >= 15 is 0 Å². The first-order chi connectivity index (χ1) is 22.1. The van der Waals surface area contributed by atoms with Gasteiger partial charge in [0.05, 0.1) is 50.1 Å². The van der Waals surface area contributed by atoms with Crippen molar-refractivity contribution in [3.63, 3.8) is 0 Å². The number of carbonyl (C=O) groups is 2. The third kappa shape index (κ3) is 6.60. The summed E-state index contributed by atoms with van der Waals surface area (Å²) in [7, 11) is 1.75. The second kappa shape index (κ2) is 11.9. The fourth-order valence-corrected chi connectivity index (χ4v) is 6.32. The number of nitrogens with one attached hydrogen (secondary N) is 3. The molecule has 3 N–H and O–H groups in total. The molecule has 2 amide bonds. The molecule has 1 aromatic heterocycles. The Morgan fingerprint density at radius 3 is 2.34 bits per heavy atom. The zero-order valence-corrected chi connectivity index (χ0v) is 27.9. The van der Waals surface area contributed by atoms with Crippen LogP contribution in [0.15, 0.2) is 48.5 Å². The van der Waals surface area contributed by atoms with Crippen molar-refractivity contribution in [1.29, 1.82) is 0 Å². The Morgan fingerprint density at radius 1 is 1.02 bits per heavy atom. The number of hydrogen-bond acceptors (Lipinski definition) is 5. The van der Waals surface area contributed by atoms with Crippen molar-refractivity contribution < 1.29 is 22.8 Å². The molecule has 0 unspecified atom stereocenters. The van der Waals surface area contributed by atoms with Crippen molar-refractivity contribution >= 4 is 63.4 Å². The lowest BCUT2D eigenvalue weighted by Crippen LogP contribution is -2.36. The van der Waals surface area contributed by atoms with Crippen molar-refractivity contribution in [2.45, 2.75) is 58.0 Å². The van der Waals surface area contributed by atoms with Gasteiger partial charge in [-0.3, -0.25) is 9.59 Å². The number of amides is 2. The van der Waals surface area contributed by atoms with Crippen molar-refractivity contribution in [2.24, 2.45) is 12.5 Å². The molecule has 2 heterocycles. The molecule has 0 bridgehead atoms. The summed E-state index contributed by atoms with van der Waals surface area (Å²) >= 11 is 13.3. The highest BCUT2D eigenvalue weighted by molar-refractivity contribution is 6.39. The Labute approximate surface area is 280 Å². The maximum Gasteiger partial charge on any atom is 0.266 e. The third-order valence-corrected chi connectivity index (χ3v) is 9.53. The minimum absolute atomic E-state index is 0.0780. The van der Waals surface area contributed by atoms with Gasteiger partial charge in [0, 0.05) is 32.0 Å². The highest BCUT2D eigenvalue weighted by atomic mass is 35.5. The molecule has 1 aliphatic carbocycles. The van der Waals surface area contributed by atoms with E-state index in [0.29, 0.717) is 56.8 Å². The Balaban J connectivity index is 1.34. The van der Waals surface area contributed by atoms with Gasteiger partial charge in [-0.05, 0) is 54.3 Å². The van der Waals surface area contributed by atoms with Crippen LogP contribution in [0.1, 0.15) is 61.5 Å². The van der Waals surface area contributed by atoms with Gasteiger partial charge < -0.3 is 25.4 Å². The maximum atomic E-state index is 14.4. The van der Waals surface area contributed by atoms with E-state index in [4.69, 9.17) is 28.2 Å². The molecule has 0 radical (unpaired) electrons. The maximum absolute atomic E-state index is 14.4. The summed E-state index contributed by atoms with van der Waals surface area (Å²) in [4.78, 5) is 32.6. The number of aromatic nitrogens is 2. The number of anilines is 3. The summed E-state index contributed by atoms with van der Waals surface area (Å²) in [5.41, 5.74) is 2.17. The average Bonchev–Trinajstić information content (AvgIpc) is 3.60. The quantitative estimate of drug-likeness (QED) is 0.177. The standard InChI is InChI=1S/C34H35Cl2F3N6O2/c1-32(2,3)30(47)40-17-19-5-10-23(35)28(27(19)36)42-31-41-24-15-22(25(16-26(24)44(31)4)45-14-13-34(38,39)18-45)29(46)43-33(11-12-33)20-6-8-21(37)9-7-20/h5-10,15-16H,11-14,17-18H2,1-4H3,(H,40,47)(H,41,42)(H,43,46). The van der Waals surface area contributed by atoms with Gasteiger partial charge in [-0.2, -0.15) is 0 Å². The molecule has 0 spiro atoms. The normalized spacial score (nSPS) is 16.7. The first-order valence-electron chi connectivity index (χ1n) is 15.3. The van der Waals surface area contributed by atoms with E-state index in [9.17, 15) is 22.8 Å². The average molecular weight is 688 g/mol. The number of benzene rings is 3. The molecule has 8 nitrogen and oxygen atoms in total. The van der Waals surface area contributed by atoms with Crippen LogP contribution in [0.25, 0.3) is 11.0 Å². The van der Waals surface area contributed by atoms with Crippen LogP contribution < -0.4 is 20.9 Å². The smallest absolute Gasteiger partial charge is 0.266 e. The first-order valence-corrected chi connectivity index (χ1v) is 16.1. The molecule has 3 aromatic carbocycles. The summed E-state index contributed by atoms with van der Waals surface area (Å²) < 4.78 is 44.1. The van der Waals surface area contributed by atoms with Crippen molar-refractivity contribution in [1.82, 2.24) is 20.2 Å². The number of halogens is 5. The van der Waals surface area contributed by atoms with Crippen LogP contribution in [0.5, 0.6) is 0 Å².